The van der Waals surface area contributed by atoms with Gasteiger partial charge in [-0.05, 0) is 227 Å². The number of benzene rings is 1. The van der Waals surface area contributed by atoms with E-state index in [4.69, 9.17) is 0 Å². The van der Waals surface area contributed by atoms with Crippen molar-refractivity contribution in [1.29, 1.82) is 0 Å². The first-order valence-corrected chi connectivity index (χ1v) is 25.6. The Morgan fingerprint density at radius 1 is 0.353 bits per heavy atom. The highest BCUT2D eigenvalue weighted by Crippen LogP contribution is 2.95. The van der Waals surface area contributed by atoms with E-state index in [9.17, 15) is 39.5 Å². The Bertz CT molecular complexity index is 2670. The lowest BCUT2D eigenvalue weighted by Crippen LogP contribution is -2.65. The van der Waals surface area contributed by atoms with Crippen LogP contribution >= 0.6 is 0 Å². The summed E-state index contributed by atoms with van der Waals surface area (Å²) >= 11 is 0. The molecule has 68 heavy (non-hydrogen) atoms. The van der Waals surface area contributed by atoms with Gasteiger partial charge in [-0.2, -0.15) is 65.9 Å². The minimum Gasteiger partial charge on any atom is -0.199 e. The highest BCUT2D eigenvalue weighted by molar-refractivity contribution is 5.56. The lowest BCUT2D eigenvalue weighted by molar-refractivity contribution is -0.402. The zero-order valence-corrected chi connectivity index (χ0v) is 35.9. The van der Waals surface area contributed by atoms with Crippen molar-refractivity contribution in [3.05, 3.63) is 70.3 Å². The predicted octanol–water partition coefficient (Wildman–Crippen LogP) is 13.1. The van der Waals surface area contributed by atoms with Gasteiger partial charge in [-0.25, -0.2) is 0 Å². The molecule has 1 aromatic rings. The summed E-state index contributed by atoms with van der Waals surface area (Å²) in [5.41, 5.74) is -6.52. The molecule has 0 radical (unpaired) electrons. The largest absolute Gasteiger partial charge is 0.460 e. The molecule has 31 unspecified atom stereocenters. The summed E-state index contributed by atoms with van der Waals surface area (Å²) < 4.78 is 233. The van der Waals surface area contributed by atoms with E-state index in [1.807, 2.05) is 6.08 Å². The molecular formula is C53H45F15. The van der Waals surface area contributed by atoms with Crippen molar-refractivity contribution < 1.29 is 65.9 Å². The normalized spacial score (nSPS) is 59.9. The molecule has 0 heterocycles. The molecule has 15 heteroatoms. The molecule has 13 fully saturated rings. The van der Waals surface area contributed by atoms with E-state index in [1.165, 1.54) is 5.57 Å². The quantitative estimate of drug-likeness (QED) is 0.208. The van der Waals surface area contributed by atoms with Gasteiger partial charge in [-0.3, -0.25) is 0 Å². The number of hydrogen-bond donors (Lipinski definition) is 0. The minimum atomic E-state index is -7.39. The van der Waals surface area contributed by atoms with E-state index in [0.717, 1.165) is 19.3 Å². The summed E-state index contributed by atoms with van der Waals surface area (Å²) in [5.74, 6) is -23.2. The van der Waals surface area contributed by atoms with E-state index in [-0.39, 0.29) is 77.4 Å². The van der Waals surface area contributed by atoms with Crippen LogP contribution in [-0.2, 0) is 17.8 Å². The van der Waals surface area contributed by atoms with Crippen LogP contribution in [0, 0.1) is 178 Å². The fourth-order valence-electron chi connectivity index (χ4n) is 26.6. The van der Waals surface area contributed by atoms with Crippen LogP contribution in [0.15, 0.2) is 53.6 Å². The van der Waals surface area contributed by atoms with Gasteiger partial charge < -0.3 is 0 Å². The molecule has 0 aromatic heterocycles. The van der Waals surface area contributed by atoms with Crippen LogP contribution in [0.4, 0.5) is 65.9 Å². The average Bonchev–Trinajstić information content (AvgIpc) is 3.84. The molecule has 1 aromatic carbocycles. The van der Waals surface area contributed by atoms with Gasteiger partial charge in [-0.1, -0.05) is 35.5 Å². The number of alkyl halides is 15. The monoisotopic (exact) mass is 966 g/mol. The maximum Gasteiger partial charge on any atom is 0.460 e. The molecular weight excluding hydrogens is 922 g/mol. The lowest BCUT2D eigenvalue weighted by atomic mass is 9.43. The van der Waals surface area contributed by atoms with Gasteiger partial charge in [0.2, 0.25) is 0 Å². The van der Waals surface area contributed by atoms with E-state index in [1.54, 1.807) is 5.57 Å². The van der Waals surface area contributed by atoms with Crippen molar-refractivity contribution in [2.75, 3.05) is 0 Å². The fraction of sp³-hybridized carbons (Fsp3) is 0.774. The minimum absolute atomic E-state index is 0.0176. The molecule has 17 aliphatic carbocycles. The lowest BCUT2D eigenvalue weighted by Gasteiger charge is -2.61. The van der Waals surface area contributed by atoms with Crippen LogP contribution in [0.2, 0.25) is 0 Å². The van der Waals surface area contributed by atoms with Gasteiger partial charge in [0.05, 0.1) is 16.5 Å². The van der Waals surface area contributed by atoms with Gasteiger partial charge in [0.15, 0.2) is 0 Å². The second-order valence-electron chi connectivity index (χ2n) is 26.1. The molecule has 0 spiro atoms. The first kappa shape index (κ1) is 39.9. The van der Waals surface area contributed by atoms with Crippen molar-refractivity contribution in [2.24, 2.45) is 178 Å². The second kappa shape index (κ2) is 10.7. The van der Waals surface area contributed by atoms with Crippen LogP contribution in [0.3, 0.4) is 0 Å². The maximum atomic E-state index is 18.3. The Labute approximate surface area is 380 Å². The molecule has 362 valence electrons. The van der Waals surface area contributed by atoms with Crippen molar-refractivity contribution in [2.45, 2.75) is 67.4 Å². The summed E-state index contributed by atoms with van der Waals surface area (Å²) in [5, 5.41) is 0. The number of halogens is 15. The standard InChI is InChI=1S/C53H45F15/c54-48(55,56)13-9-12(10-14(11-13)49(57,58)59)47(50(60,61)51(62,63)52(64,65)53(66,67)68)45-31-21-7-5-19-17-3-1-15-16-2-4-18-20-6-8-22-30-28(20)35-26(18)24(16)33-23(15)25(17)34-27(19)29(21)36-38(31)39(32(22)46(45)47)37(30)44-42(35)40(33)41(34)43(36)44/h1,3,5,7,9-11,15-33,35-40,42-46H,2,4,6,8H2. The topological polar surface area (TPSA) is 0 Å². The summed E-state index contributed by atoms with van der Waals surface area (Å²) in [6.07, 6.45) is -5.98. The zero-order valence-electron chi connectivity index (χ0n) is 35.9. The third-order valence-electron chi connectivity index (χ3n) is 26.2. The smallest absolute Gasteiger partial charge is 0.199 e. The summed E-state index contributed by atoms with van der Waals surface area (Å²) in [4.78, 5) is 0. The van der Waals surface area contributed by atoms with Crippen LogP contribution in [0.25, 0.3) is 0 Å². The van der Waals surface area contributed by atoms with Gasteiger partial charge in [0.25, 0.3) is 0 Å². The Hall–Kier alpha value is -2.61. The Morgan fingerprint density at radius 2 is 0.765 bits per heavy atom. The molecule has 18 rings (SSSR count). The van der Waals surface area contributed by atoms with E-state index in [0.29, 0.717) is 77.4 Å². The Morgan fingerprint density at radius 3 is 1.35 bits per heavy atom. The van der Waals surface area contributed by atoms with E-state index >= 15 is 26.3 Å². The average molecular weight is 967 g/mol. The van der Waals surface area contributed by atoms with Crippen LogP contribution < -0.4 is 0 Å². The van der Waals surface area contributed by atoms with E-state index < -0.39 is 106 Å². The van der Waals surface area contributed by atoms with Crippen LogP contribution in [-0.4, -0.2) is 23.9 Å². The Kier molecular flexibility index (Phi) is 6.29. The number of hydrogen-bond acceptors (Lipinski definition) is 0. The molecule has 31 atom stereocenters. The zero-order chi connectivity index (χ0) is 46.5. The van der Waals surface area contributed by atoms with Gasteiger partial charge >= 0.3 is 36.3 Å². The second-order valence-corrected chi connectivity index (χ2v) is 26.1. The summed E-state index contributed by atoms with van der Waals surface area (Å²) in [6.45, 7) is 0. The van der Waals surface area contributed by atoms with Gasteiger partial charge in [0.1, 0.15) is 0 Å². The van der Waals surface area contributed by atoms with Crippen molar-refractivity contribution in [1.82, 2.24) is 0 Å². The molecule has 0 N–H and O–H groups in total. The number of allylic oxidation sites excluding steroid dienone is 6. The first-order chi connectivity index (χ1) is 32.0. The highest BCUT2D eigenvalue weighted by atomic mass is 19.4. The fourth-order valence-corrected chi connectivity index (χ4v) is 26.6. The van der Waals surface area contributed by atoms with Gasteiger partial charge in [0, 0.05) is 0 Å². The molecule has 17 aliphatic rings. The highest BCUT2D eigenvalue weighted by Gasteiger charge is 2.97. The third kappa shape index (κ3) is 3.50. The summed E-state index contributed by atoms with van der Waals surface area (Å²) in [7, 11) is 0. The maximum absolute atomic E-state index is 18.3. The molecule has 0 amide bonds. The summed E-state index contributed by atoms with van der Waals surface area (Å²) in [6, 6.07) is -0.387. The molecule has 0 bridgehead atoms. The van der Waals surface area contributed by atoms with E-state index in [2.05, 4.69) is 18.2 Å². The van der Waals surface area contributed by atoms with Crippen molar-refractivity contribution in [3.63, 3.8) is 0 Å². The number of rotatable bonds is 4. The first-order valence-electron chi connectivity index (χ1n) is 25.6. The predicted molar refractivity (Wildman–Crippen MR) is 207 cm³/mol. The molecule has 0 saturated heterocycles. The van der Waals surface area contributed by atoms with Crippen molar-refractivity contribution in [3.8, 4) is 0 Å². The SMILES string of the molecule is FC(F)(F)c1cc(C(F)(F)F)cc(C2(C(F)(F)C(F)(F)C(F)(F)C(F)(F)F)C3C4C5C=CC6C7C=CC8C9CCC%10C%11CCC%12C%13C%11C%11C%10C9C9C%10C%14=C(C7C89)C6C5C5C%14C(C%10%11)C%13C(C54)C%12C32)c1. The molecule has 13 saturated carbocycles. The van der Waals surface area contributed by atoms with Crippen LogP contribution in [0.5, 0.6) is 0 Å². The van der Waals surface area contributed by atoms with Gasteiger partial charge in [-0.15, -0.1) is 0 Å². The Balaban J connectivity index is 0.943. The third-order valence-corrected chi connectivity index (χ3v) is 26.2. The van der Waals surface area contributed by atoms with Crippen molar-refractivity contribution >= 4 is 0 Å². The molecule has 0 nitrogen and oxygen atoms in total. The van der Waals surface area contributed by atoms with Crippen LogP contribution in [0.1, 0.15) is 42.4 Å². The number of fused-ring (bicyclic) bond motifs is 8. The molecule has 0 aliphatic heterocycles.